The molecule has 8 heteroatoms. The first kappa shape index (κ1) is 27.0. The molecule has 1 aliphatic heterocycles. The van der Waals surface area contributed by atoms with Gasteiger partial charge in [0.25, 0.3) is 5.91 Å². The number of methoxy groups -OCH3 is 1. The molecule has 3 aromatic carbocycles. The van der Waals surface area contributed by atoms with Crippen LogP contribution in [0.1, 0.15) is 40.9 Å². The van der Waals surface area contributed by atoms with E-state index in [4.69, 9.17) is 14.2 Å². The van der Waals surface area contributed by atoms with Crippen molar-refractivity contribution in [3.05, 3.63) is 93.9 Å². The summed E-state index contributed by atoms with van der Waals surface area (Å²) in [5, 5.41) is 0.581. The molecule has 0 radical (unpaired) electrons. The monoisotopic (exact) mass is 530 g/mol. The van der Waals surface area contributed by atoms with Gasteiger partial charge in [0.15, 0.2) is 16.7 Å². The molecule has 0 unspecified atom stereocenters. The second-order valence-electron chi connectivity index (χ2n) is 8.51. The molecule has 196 valence electrons. The van der Waals surface area contributed by atoms with Gasteiger partial charge < -0.3 is 14.2 Å². The lowest BCUT2D eigenvalue weighted by Gasteiger charge is -2.13. The van der Waals surface area contributed by atoms with Gasteiger partial charge in [-0.3, -0.25) is 9.69 Å². The minimum atomic E-state index is -0.409. The van der Waals surface area contributed by atoms with Crippen LogP contribution in [0.15, 0.2) is 76.6 Å². The lowest BCUT2D eigenvalue weighted by Crippen LogP contribution is -2.28. The number of carbonyl (C=O) groups excluding carboxylic acids is 2. The fourth-order valence-electron chi connectivity index (χ4n) is 3.89. The Balaban J connectivity index is 1.54. The van der Waals surface area contributed by atoms with Crippen LogP contribution >= 0.6 is 11.8 Å². The van der Waals surface area contributed by atoms with E-state index < -0.39 is 5.97 Å². The third kappa shape index (κ3) is 6.44. The highest BCUT2D eigenvalue weighted by Crippen LogP contribution is 2.36. The second kappa shape index (κ2) is 12.5. The van der Waals surface area contributed by atoms with Gasteiger partial charge in [-0.05, 0) is 86.1 Å². The van der Waals surface area contributed by atoms with Gasteiger partial charge in [-0.1, -0.05) is 35.9 Å². The lowest BCUT2D eigenvalue weighted by atomic mass is 10.1. The molecule has 38 heavy (non-hydrogen) atoms. The highest BCUT2D eigenvalue weighted by atomic mass is 32.2. The van der Waals surface area contributed by atoms with E-state index in [0.29, 0.717) is 52.6 Å². The van der Waals surface area contributed by atoms with E-state index in [0.717, 1.165) is 11.1 Å². The Hall–Kier alpha value is -4.04. The Morgan fingerprint density at radius 2 is 1.79 bits per heavy atom. The Morgan fingerprint density at radius 1 is 1.00 bits per heavy atom. The molecule has 0 bridgehead atoms. The van der Waals surface area contributed by atoms with Crippen LogP contribution in [0.5, 0.6) is 11.5 Å². The Morgan fingerprint density at radius 3 is 2.47 bits per heavy atom. The summed E-state index contributed by atoms with van der Waals surface area (Å²) in [4.78, 5) is 31.7. The van der Waals surface area contributed by atoms with Crippen molar-refractivity contribution in [2.45, 2.75) is 27.4 Å². The van der Waals surface area contributed by atoms with Crippen molar-refractivity contribution in [3.63, 3.8) is 0 Å². The van der Waals surface area contributed by atoms with E-state index in [9.17, 15) is 9.59 Å². The van der Waals surface area contributed by atoms with E-state index in [1.165, 1.54) is 24.4 Å². The number of esters is 1. The van der Waals surface area contributed by atoms with Crippen molar-refractivity contribution in [1.29, 1.82) is 0 Å². The highest BCUT2D eigenvalue weighted by molar-refractivity contribution is 8.18. The minimum Gasteiger partial charge on any atom is -0.490 e. The van der Waals surface area contributed by atoms with Crippen LogP contribution in [0.4, 0.5) is 5.69 Å². The van der Waals surface area contributed by atoms with Crippen LogP contribution in [0, 0.1) is 6.92 Å². The molecule has 1 saturated heterocycles. The third-order valence-corrected chi connectivity index (χ3v) is 6.77. The Labute approximate surface area is 227 Å². The van der Waals surface area contributed by atoms with Crippen LogP contribution in [0.25, 0.3) is 6.08 Å². The topological polar surface area (TPSA) is 77.4 Å². The number of rotatable bonds is 9. The molecular weight excluding hydrogens is 500 g/mol. The van der Waals surface area contributed by atoms with Crippen molar-refractivity contribution >= 4 is 40.6 Å². The minimum absolute atomic E-state index is 0.111. The summed E-state index contributed by atoms with van der Waals surface area (Å²) in [6, 6.07) is 20.6. The zero-order valence-electron chi connectivity index (χ0n) is 21.9. The van der Waals surface area contributed by atoms with Crippen LogP contribution < -0.4 is 9.47 Å². The number of thioether (sulfide) groups is 1. The smallest absolute Gasteiger partial charge is 0.337 e. The Bertz CT molecular complexity index is 1380. The van der Waals surface area contributed by atoms with Crippen molar-refractivity contribution in [3.8, 4) is 11.5 Å². The van der Waals surface area contributed by atoms with Crippen molar-refractivity contribution < 1.29 is 23.8 Å². The molecule has 1 fully saturated rings. The quantitative estimate of drug-likeness (QED) is 0.236. The van der Waals surface area contributed by atoms with Gasteiger partial charge in [-0.15, -0.1) is 0 Å². The maximum absolute atomic E-state index is 13.1. The van der Waals surface area contributed by atoms with Crippen molar-refractivity contribution in [2.24, 2.45) is 4.99 Å². The second-order valence-corrected chi connectivity index (χ2v) is 9.52. The summed E-state index contributed by atoms with van der Waals surface area (Å²) in [5.74, 6) is 0.749. The molecule has 1 amide bonds. The highest BCUT2D eigenvalue weighted by Gasteiger charge is 2.32. The summed E-state index contributed by atoms with van der Waals surface area (Å²) in [6.45, 7) is 7.29. The molecule has 1 aliphatic rings. The van der Waals surface area contributed by atoms with E-state index in [1.54, 1.807) is 29.2 Å². The lowest BCUT2D eigenvalue weighted by molar-refractivity contribution is -0.122. The number of amidine groups is 1. The molecule has 0 N–H and O–H groups in total. The fourth-order valence-corrected chi connectivity index (χ4v) is 4.95. The van der Waals surface area contributed by atoms with Gasteiger partial charge in [0.1, 0.15) is 6.61 Å². The van der Waals surface area contributed by atoms with E-state index in [2.05, 4.69) is 24.0 Å². The molecule has 4 rings (SSSR count). The summed E-state index contributed by atoms with van der Waals surface area (Å²) in [6.07, 6.45) is 1.84. The molecule has 0 spiro atoms. The maximum atomic E-state index is 13.1. The molecule has 7 nitrogen and oxygen atoms in total. The Kier molecular flexibility index (Phi) is 8.86. The van der Waals surface area contributed by atoms with Crippen molar-refractivity contribution in [1.82, 2.24) is 4.90 Å². The molecule has 0 atom stereocenters. The standard InChI is InChI=1S/C30H30N2O5S/c1-5-32-28(33)27(38-30(32)31-24-13-11-23(12-14-24)29(34)35-4)18-21-10-15-25(26(17-21)36-6-2)37-19-22-9-7-8-20(3)16-22/h7-18H,5-6,19H2,1-4H3. The van der Waals surface area contributed by atoms with E-state index in [-0.39, 0.29) is 5.91 Å². The van der Waals surface area contributed by atoms with E-state index >= 15 is 0 Å². The maximum Gasteiger partial charge on any atom is 0.337 e. The molecule has 3 aromatic rings. The summed E-state index contributed by atoms with van der Waals surface area (Å²) < 4.78 is 16.6. The van der Waals surface area contributed by atoms with Gasteiger partial charge in [0.2, 0.25) is 0 Å². The molecular formula is C30H30N2O5S. The number of ether oxygens (including phenoxy) is 3. The predicted octanol–water partition coefficient (Wildman–Crippen LogP) is 6.38. The number of aliphatic imine (C=N–C) groups is 1. The normalized spacial score (nSPS) is 15.3. The summed E-state index contributed by atoms with van der Waals surface area (Å²) in [7, 11) is 1.34. The first-order valence-corrected chi connectivity index (χ1v) is 13.2. The third-order valence-electron chi connectivity index (χ3n) is 5.76. The van der Waals surface area contributed by atoms with Gasteiger partial charge in [-0.2, -0.15) is 0 Å². The number of nitrogens with zero attached hydrogens (tertiary/aromatic N) is 2. The largest absolute Gasteiger partial charge is 0.490 e. The van der Waals surface area contributed by atoms with Gasteiger partial charge in [0, 0.05) is 6.54 Å². The van der Waals surface area contributed by atoms with Crippen LogP contribution in [0.3, 0.4) is 0 Å². The SMILES string of the molecule is CCOc1cc(C=C2SC(=Nc3ccc(C(=O)OC)cc3)N(CC)C2=O)ccc1OCc1cccc(C)c1. The average Bonchev–Trinajstić information content (AvgIpc) is 3.21. The summed E-state index contributed by atoms with van der Waals surface area (Å²) in [5.41, 5.74) is 4.17. The average molecular weight is 531 g/mol. The van der Waals surface area contributed by atoms with Gasteiger partial charge in [-0.25, -0.2) is 9.79 Å². The number of carbonyl (C=O) groups is 2. The number of hydrogen-bond acceptors (Lipinski definition) is 7. The number of benzene rings is 3. The van der Waals surface area contributed by atoms with Gasteiger partial charge >= 0.3 is 5.97 Å². The predicted molar refractivity (Wildman–Crippen MR) is 151 cm³/mol. The molecule has 0 aliphatic carbocycles. The number of amides is 1. The molecule has 0 saturated carbocycles. The van der Waals surface area contributed by atoms with Crippen LogP contribution in [-0.2, 0) is 16.1 Å². The zero-order valence-corrected chi connectivity index (χ0v) is 22.7. The van der Waals surface area contributed by atoms with Gasteiger partial charge in [0.05, 0.1) is 29.9 Å². The van der Waals surface area contributed by atoms with E-state index in [1.807, 2.05) is 50.3 Å². The number of aryl methyl sites for hydroxylation is 1. The first-order chi connectivity index (χ1) is 18.4. The first-order valence-electron chi connectivity index (χ1n) is 12.4. The van der Waals surface area contributed by atoms with Crippen LogP contribution in [-0.4, -0.2) is 42.2 Å². The molecule has 0 aromatic heterocycles. The number of likely N-dealkylation sites (N-methyl/N-ethyl adjacent to an activating group) is 1. The summed E-state index contributed by atoms with van der Waals surface area (Å²) >= 11 is 1.31. The molecule has 1 heterocycles. The zero-order chi connectivity index (χ0) is 27.1. The fraction of sp³-hybridized carbons (Fsp3) is 0.233. The van der Waals surface area contributed by atoms with Crippen molar-refractivity contribution in [2.75, 3.05) is 20.3 Å². The number of hydrogen-bond donors (Lipinski definition) is 0. The van der Waals surface area contributed by atoms with Crippen LogP contribution in [0.2, 0.25) is 0 Å².